The first-order valence-electron chi connectivity index (χ1n) is 7.98. The van der Waals surface area contributed by atoms with E-state index in [4.69, 9.17) is 9.72 Å². The van der Waals surface area contributed by atoms with E-state index in [9.17, 15) is 0 Å². The fourth-order valence-electron chi connectivity index (χ4n) is 3.10. The molecule has 0 radical (unpaired) electrons. The van der Waals surface area contributed by atoms with Crippen LogP contribution in [-0.4, -0.2) is 4.98 Å². The van der Waals surface area contributed by atoms with Crippen LogP contribution in [0.25, 0.3) is 10.9 Å². The summed E-state index contributed by atoms with van der Waals surface area (Å²) >= 11 is 0. The van der Waals surface area contributed by atoms with Crippen molar-refractivity contribution in [3.8, 4) is 5.75 Å². The van der Waals surface area contributed by atoms with Gasteiger partial charge in [-0.2, -0.15) is 0 Å². The molecule has 2 nitrogen and oxygen atoms in total. The number of aromatic nitrogens is 1. The van der Waals surface area contributed by atoms with Gasteiger partial charge in [0.25, 0.3) is 0 Å². The van der Waals surface area contributed by atoms with Crippen molar-refractivity contribution < 1.29 is 4.74 Å². The van der Waals surface area contributed by atoms with E-state index in [1.54, 1.807) is 0 Å². The maximum atomic E-state index is 5.90. The van der Waals surface area contributed by atoms with E-state index in [1.165, 1.54) is 41.5 Å². The van der Waals surface area contributed by atoms with Gasteiger partial charge in [-0.25, -0.2) is 0 Å². The van der Waals surface area contributed by atoms with Gasteiger partial charge >= 0.3 is 0 Å². The molecule has 0 N–H and O–H groups in total. The average Bonchev–Trinajstić information content (AvgIpc) is 2.59. The lowest BCUT2D eigenvalue weighted by atomic mass is 9.95. The van der Waals surface area contributed by atoms with Crippen LogP contribution in [0.1, 0.15) is 29.7 Å². The third-order valence-corrected chi connectivity index (χ3v) is 4.32. The standard InChI is InChI=1S/C20H19NO/c1-2-6-15(7-3-1)14-22-18-11-10-17-12-16-8-4-5-9-19(16)21-20(17)13-18/h1-3,6-7,10-13H,4-5,8-9,14H2. The zero-order valence-electron chi connectivity index (χ0n) is 12.6. The largest absolute Gasteiger partial charge is 0.489 e. The summed E-state index contributed by atoms with van der Waals surface area (Å²) in [5, 5.41) is 1.22. The lowest BCUT2D eigenvalue weighted by Crippen LogP contribution is -2.05. The monoisotopic (exact) mass is 289 g/mol. The van der Waals surface area contributed by atoms with Crippen LogP contribution in [0.15, 0.2) is 54.6 Å². The van der Waals surface area contributed by atoms with Crippen molar-refractivity contribution in [1.82, 2.24) is 4.98 Å². The Morgan fingerprint density at radius 3 is 2.68 bits per heavy atom. The van der Waals surface area contributed by atoms with Crippen LogP contribution >= 0.6 is 0 Å². The fourth-order valence-corrected chi connectivity index (χ4v) is 3.10. The second-order valence-electron chi connectivity index (χ2n) is 5.93. The molecular weight excluding hydrogens is 270 g/mol. The van der Waals surface area contributed by atoms with Crippen molar-refractivity contribution in [3.05, 3.63) is 71.4 Å². The fraction of sp³-hybridized carbons (Fsp3) is 0.250. The molecule has 0 spiro atoms. The van der Waals surface area contributed by atoms with Crippen LogP contribution in [-0.2, 0) is 19.4 Å². The van der Waals surface area contributed by atoms with Crippen molar-refractivity contribution in [2.45, 2.75) is 32.3 Å². The molecule has 0 aliphatic heterocycles. The van der Waals surface area contributed by atoms with Crippen molar-refractivity contribution in [2.75, 3.05) is 0 Å². The lowest BCUT2D eigenvalue weighted by Gasteiger charge is -2.15. The molecule has 22 heavy (non-hydrogen) atoms. The van der Waals surface area contributed by atoms with Crippen molar-refractivity contribution in [2.24, 2.45) is 0 Å². The van der Waals surface area contributed by atoms with Crippen molar-refractivity contribution >= 4 is 10.9 Å². The van der Waals surface area contributed by atoms with Crippen LogP contribution < -0.4 is 4.74 Å². The number of pyridine rings is 1. The van der Waals surface area contributed by atoms with Gasteiger partial charge in [0.1, 0.15) is 12.4 Å². The highest BCUT2D eigenvalue weighted by Crippen LogP contribution is 2.26. The average molecular weight is 289 g/mol. The molecule has 2 heteroatoms. The quantitative estimate of drug-likeness (QED) is 0.697. The van der Waals surface area contributed by atoms with E-state index in [-0.39, 0.29) is 0 Å². The highest BCUT2D eigenvalue weighted by atomic mass is 16.5. The number of aryl methyl sites for hydroxylation is 2. The summed E-state index contributed by atoms with van der Waals surface area (Å²) in [6.45, 7) is 0.595. The molecule has 1 aromatic heterocycles. The maximum absolute atomic E-state index is 5.90. The van der Waals surface area contributed by atoms with Crippen LogP contribution in [0.4, 0.5) is 0 Å². The smallest absolute Gasteiger partial charge is 0.122 e. The van der Waals surface area contributed by atoms with Gasteiger partial charge in [0.05, 0.1) is 5.52 Å². The molecular formula is C20H19NO. The third-order valence-electron chi connectivity index (χ3n) is 4.32. The van der Waals surface area contributed by atoms with Gasteiger partial charge in [0.2, 0.25) is 0 Å². The second kappa shape index (κ2) is 5.80. The summed E-state index contributed by atoms with van der Waals surface area (Å²) in [6.07, 6.45) is 4.83. The Morgan fingerprint density at radius 2 is 1.77 bits per heavy atom. The van der Waals surface area contributed by atoms with Crippen LogP contribution in [0.2, 0.25) is 0 Å². The van der Waals surface area contributed by atoms with E-state index in [0.717, 1.165) is 17.7 Å². The minimum Gasteiger partial charge on any atom is -0.489 e. The minimum absolute atomic E-state index is 0.595. The zero-order chi connectivity index (χ0) is 14.8. The number of hydrogen-bond acceptors (Lipinski definition) is 2. The highest BCUT2D eigenvalue weighted by molar-refractivity contribution is 5.81. The molecule has 1 aliphatic carbocycles. The summed E-state index contributed by atoms with van der Waals surface area (Å²) in [6, 6.07) is 18.8. The molecule has 110 valence electrons. The summed E-state index contributed by atoms with van der Waals surface area (Å²) < 4.78 is 5.90. The summed E-state index contributed by atoms with van der Waals surface area (Å²) in [4.78, 5) is 4.85. The van der Waals surface area contributed by atoms with Gasteiger partial charge in [0.15, 0.2) is 0 Å². The first kappa shape index (κ1) is 13.3. The van der Waals surface area contributed by atoms with Gasteiger partial charge in [-0.1, -0.05) is 30.3 Å². The molecule has 4 rings (SSSR count). The molecule has 0 fully saturated rings. The minimum atomic E-state index is 0.595. The lowest BCUT2D eigenvalue weighted by molar-refractivity contribution is 0.306. The number of ether oxygens (including phenoxy) is 1. The summed E-state index contributed by atoms with van der Waals surface area (Å²) in [5.41, 5.74) is 4.93. The Bertz CT molecular complexity index is 795. The predicted octanol–water partition coefficient (Wildman–Crippen LogP) is 4.69. The Morgan fingerprint density at radius 1 is 0.909 bits per heavy atom. The molecule has 1 aliphatic rings. The molecule has 2 aromatic carbocycles. The number of benzene rings is 2. The second-order valence-corrected chi connectivity index (χ2v) is 5.93. The molecule has 0 atom stereocenters. The first-order valence-corrected chi connectivity index (χ1v) is 7.98. The Kier molecular flexibility index (Phi) is 3.51. The first-order chi connectivity index (χ1) is 10.9. The van der Waals surface area contributed by atoms with Gasteiger partial charge in [-0.15, -0.1) is 0 Å². The SMILES string of the molecule is c1ccc(COc2ccc3cc4c(nc3c2)CCCC4)cc1. The normalized spacial score (nSPS) is 13.8. The van der Waals surface area contributed by atoms with Crippen LogP contribution in [0.5, 0.6) is 5.75 Å². The van der Waals surface area contributed by atoms with E-state index in [0.29, 0.717) is 6.61 Å². The molecule has 0 bridgehead atoms. The van der Waals surface area contributed by atoms with Crippen molar-refractivity contribution in [1.29, 1.82) is 0 Å². The maximum Gasteiger partial charge on any atom is 0.122 e. The summed E-state index contributed by atoms with van der Waals surface area (Å²) in [5.74, 6) is 0.889. The molecule has 0 saturated heterocycles. The third kappa shape index (κ3) is 2.69. The van der Waals surface area contributed by atoms with Crippen LogP contribution in [0, 0.1) is 0 Å². The Hall–Kier alpha value is -2.35. The number of hydrogen-bond donors (Lipinski definition) is 0. The zero-order valence-corrected chi connectivity index (χ0v) is 12.6. The van der Waals surface area contributed by atoms with Gasteiger partial charge in [0, 0.05) is 17.1 Å². The Labute approximate surface area is 130 Å². The molecule has 0 unspecified atom stereocenters. The van der Waals surface area contributed by atoms with Gasteiger partial charge in [-0.05, 0) is 55.0 Å². The number of fused-ring (bicyclic) bond motifs is 2. The topological polar surface area (TPSA) is 22.1 Å². The molecule has 1 heterocycles. The van der Waals surface area contributed by atoms with E-state index in [2.05, 4.69) is 30.3 Å². The van der Waals surface area contributed by atoms with Crippen LogP contribution in [0.3, 0.4) is 0 Å². The van der Waals surface area contributed by atoms with Gasteiger partial charge in [-0.3, -0.25) is 4.98 Å². The molecule has 3 aromatic rings. The van der Waals surface area contributed by atoms with E-state index >= 15 is 0 Å². The van der Waals surface area contributed by atoms with Gasteiger partial charge < -0.3 is 4.74 Å². The number of rotatable bonds is 3. The number of nitrogens with zero attached hydrogens (tertiary/aromatic N) is 1. The predicted molar refractivity (Wildman–Crippen MR) is 89.2 cm³/mol. The molecule has 0 saturated carbocycles. The Balaban J connectivity index is 1.60. The highest BCUT2D eigenvalue weighted by Gasteiger charge is 2.12. The van der Waals surface area contributed by atoms with Crippen molar-refractivity contribution in [3.63, 3.8) is 0 Å². The van der Waals surface area contributed by atoms with E-state index < -0.39 is 0 Å². The summed E-state index contributed by atoms with van der Waals surface area (Å²) in [7, 11) is 0. The van der Waals surface area contributed by atoms with E-state index in [1.807, 2.05) is 24.3 Å². The molecule has 0 amide bonds.